The molecule has 3 aromatic rings. The van der Waals surface area contributed by atoms with E-state index in [4.69, 9.17) is 31.4 Å². The third-order valence-electron chi connectivity index (χ3n) is 4.61. The number of aliphatic hydroxyl groups excluding tert-OH is 1. The van der Waals surface area contributed by atoms with E-state index in [0.29, 0.717) is 12.6 Å². The molecule has 0 saturated carbocycles. The van der Waals surface area contributed by atoms with Crippen LogP contribution in [0.5, 0.6) is 0 Å². The van der Waals surface area contributed by atoms with Crippen molar-refractivity contribution in [3.05, 3.63) is 88.8 Å². The summed E-state index contributed by atoms with van der Waals surface area (Å²) >= 11 is 0. The number of carboxylic acids is 3. The number of pyridine rings is 3. The lowest BCUT2D eigenvalue weighted by atomic mass is 10.2. The number of halogens is 6. The summed E-state index contributed by atoms with van der Waals surface area (Å²) in [4.78, 5) is 72.3. The van der Waals surface area contributed by atoms with Crippen molar-refractivity contribution >= 4 is 35.8 Å². The summed E-state index contributed by atoms with van der Waals surface area (Å²) in [6, 6.07) is 9.48. The van der Waals surface area contributed by atoms with Crippen LogP contribution in [-0.2, 0) is 32.2 Å². The number of alkyl halides is 6. The van der Waals surface area contributed by atoms with Gasteiger partial charge in [-0.1, -0.05) is 0 Å². The molecule has 0 atom stereocenters. The summed E-state index contributed by atoms with van der Waals surface area (Å²) in [5, 5.41) is 42.5. The van der Waals surface area contributed by atoms with Crippen LogP contribution >= 0.6 is 0 Å². The lowest BCUT2D eigenvalue weighted by molar-refractivity contribution is -0.201. The van der Waals surface area contributed by atoms with E-state index in [0.717, 1.165) is 19.4 Å². The molecule has 1 amide bonds. The molecule has 0 fully saturated rings. The SMILES string of the molecule is CC(=O)OC(=O)C(F)(F)F.CO.N#Cc1cc(C(=O)O)ccn1.NCc1cc(C(=O)O)ccn1.O=C(O)c1ccnc(CNC(=O)C(F)(F)F)c1. The smallest absolute Gasteiger partial charge is 0.478 e. The van der Waals surface area contributed by atoms with E-state index in [1.165, 1.54) is 42.7 Å². The Hall–Kier alpha value is -6.54. The number of hydrogen-bond acceptors (Lipinski definition) is 13. The zero-order chi connectivity index (χ0) is 39.9. The first kappa shape index (κ1) is 46.6. The van der Waals surface area contributed by atoms with Gasteiger partial charge in [0.1, 0.15) is 11.8 Å². The molecule has 7 N–H and O–H groups in total. The van der Waals surface area contributed by atoms with Gasteiger partial charge in [0, 0.05) is 39.2 Å². The summed E-state index contributed by atoms with van der Waals surface area (Å²) in [7, 11) is 1.00. The lowest BCUT2D eigenvalue weighted by Gasteiger charge is -2.07. The number of nitrogens with two attached hydrogens (primary N) is 1. The maximum atomic E-state index is 11.8. The number of esters is 2. The minimum Gasteiger partial charge on any atom is -0.478 e. The van der Waals surface area contributed by atoms with E-state index in [1.807, 2.05) is 0 Å². The van der Waals surface area contributed by atoms with Gasteiger partial charge in [0.2, 0.25) is 0 Å². The van der Waals surface area contributed by atoms with Crippen molar-refractivity contribution in [3.8, 4) is 6.07 Å². The van der Waals surface area contributed by atoms with E-state index in [1.54, 1.807) is 11.4 Å². The Morgan fingerprint density at radius 1 is 0.765 bits per heavy atom. The van der Waals surface area contributed by atoms with Crippen LogP contribution in [0, 0.1) is 11.3 Å². The van der Waals surface area contributed by atoms with E-state index < -0.39 is 54.7 Å². The quantitative estimate of drug-likeness (QED) is 0.120. The molecule has 0 bridgehead atoms. The molecule has 0 aromatic carbocycles. The number of carbonyl (C=O) groups excluding carboxylic acids is 3. The van der Waals surface area contributed by atoms with Gasteiger partial charge in [0.05, 0.1) is 34.6 Å². The van der Waals surface area contributed by atoms with Crippen molar-refractivity contribution in [3.63, 3.8) is 0 Å². The van der Waals surface area contributed by atoms with Gasteiger partial charge in [0.25, 0.3) is 0 Å². The average Bonchev–Trinajstić information content (AvgIpc) is 3.08. The van der Waals surface area contributed by atoms with Crippen LogP contribution in [0.1, 0.15) is 55.1 Å². The van der Waals surface area contributed by atoms with Gasteiger partial charge in [0.15, 0.2) is 0 Å². The maximum Gasteiger partial charge on any atom is 0.491 e. The Kier molecular flexibility index (Phi) is 20.9. The number of hydrogen-bond donors (Lipinski definition) is 6. The van der Waals surface area contributed by atoms with Crippen molar-refractivity contribution in [1.29, 1.82) is 5.26 Å². The molecule has 3 aromatic heterocycles. The monoisotopic (exact) mass is 736 g/mol. The van der Waals surface area contributed by atoms with Gasteiger partial charge in [-0.05, 0) is 36.4 Å². The molecular formula is C28H26F6N6O11. The third-order valence-corrected chi connectivity index (χ3v) is 4.61. The zero-order valence-corrected chi connectivity index (χ0v) is 25.9. The summed E-state index contributed by atoms with van der Waals surface area (Å²) in [5.41, 5.74) is 6.19. The van der Waals surface area contributed by atoms with Gasteiger partial charge >= 0.3 is 48.1 Å². The highest BCUT2D eigenvalue weighted by molar-refractivity contribution is 5.89. The van der Waals surface area contributed by atoms with Crippen LogP contribution in [-0.4, -0.2) is 90.6 Å². The first-order valence-electron chi connectivity index (χ1n) is 12.9. The van der Waals surface area contributed by atoms with Gasteiger partial charge in [-0.15, -0.1) is 0 Å². The standard InChI is InChI=1S/C9H7F3N2O3.C7H8N2O2.C7H4N2O2.C4H3F3O3.CH4O/c10-9(11,12)8(17)14-4-6-3-5(7(15)16)1-2-13-6;2*8-4-6-3-5(7(10)11)1-2-9-6;1-2(8)10-3(9)4(5,6)7;1-2/h1-3H,4H2,(H,14,17)(H,15,16);1-3H,4,8H2,(H,10,11);1-3H,(H,10,11);1H3;2H,1H3. The number of carboxylic acid groups (broad SMARTS) is 3. The molecule has 0 unspecified atom stereocenters. The Morgan fingerprint density at radius 2 is 1.18 bits per heavy atom. The molecule has 23 heteroatoms. The Labute approximate surface area is 282 Å². The second kappa shape index (κ2) is 22.9. The van der Waals surface area contributed by atoms with Gasteiger partial charge in [-0.2, -0.15) is 31.6 Å². The molecule has 0 aliphatic carbocycles. The number of amides is 1. The van der Waals surface area contributed by atoms with Crippen LogP contribution in [0.15, 0.2) is 55.0 Å². The number of nitriles is 1. The first-order valence-corrected chi connectivity index (χ1v) is 12.9. The molecule has 3 heterocycles. The number of rotatable bonds is 6. The van der Waals surface area contributed by atoms with Crippen LogP contribution in [0.25, 0.3) is 0 Å². The minimum absolute atomic E-state index is 0.0301. The van der Waals surface area contributed by atoms with E-state index >= 15 is 0 Å². The summed E-state index contributed by atoms with van der Waals surface area (Å²) in [6.45, 7) is 0.490. The fourth-order valence-corrected chi connectivity index (χ4v) is 2.51. The minimum atomic E-state index is -5.09. The Morgan fingerprint density at radius 3 is 1.53 bits per heavy atom. The van der Waals surface area contributed by atoms with Gasteiger partial charge in [-0.3, -0.25) is 19.6 Å². The molecular weight excluding hydrogens is 710 g/mol. The van der Waals surface area contributed by atoms with Crippen molar-refractivity contribution in [2.45, 2.75) is 32.4 Å². The zero-order valence-electron chi connectivity index (χ0n) is 25.9. The van der Waals surface area contributed by atoms with Gasteiger partial charge < -0.3 is 36.2 Å². The largest absolute Gasteiger partial charge is 0.491 e. The molecule has 0 aliphatic heterocycles. The molecule has 0 spiro atoms. The Bertz CT molecular complexity index is 1700. The summed E-state index contributed by atoms with van der Waals surface area (Å²) in [5.74, 6) is -9.09. The van der Waals surface area contributed by atoms with E-state index in [-0.39, 0.29) is 34.6 Å². The normalized spacial score (nSPS) is 9.82. The number of ether oxygens (including phenoxy) is 1. The molecule has 51 heavy (non-hydrogen) atoms. The van der Waals surface area contributed by atoms with Crippen LogP contribution in [0.3, 0.4) is 0 Å². The molecule has 276 valence electrons. The highest BCUT2D eigenvalue weighted by atomic mass is 19.4. The number of nitrogens with one attached hydrogen (secondary N) is 1. The summed E-state index contributed by atoms with van der Waals surface area (Å²) < 4.78 is 72.3. The number of aliphatic hydroxyl groups is 1. The second-order valence-electron chi connectivity index (χ2n) is 8.29. The molecule has 0 aliphatic rings. The van der Waals surface area contributed by atoms with Crippen molar-refractivity contribution in [1.82, 2.24) is 20.3 Å². The first-order chi connectivity index (χ1) is 23.6. The van der Waals surface area contributed by atoms with Crippen molar-refractivity contribution in [2.24, 2.45) is 5.73 Å². The Balaban J connectivity index is 0. The highest BCUT2D eigenvalue weighted by Crippen LogP contribution is 2.16. The van der Waals surface area contributed by atoms with Crippen LogP contribution in [0.4, 0.5) is 26.3 Å². The van der Waals surface area contributed by atoms with Gasteiger partial charge in [-0.25, -0.2) is 24.2 Å². The predicted molar refractivity (Wildman–Crippen MR) is 155 cm³/mol. The third kappa shape index (κ3) is 20.4. The van der Waals surface area contributed by atoms with E-state index in [9.17, 15) is 55.1 Å². The summed E-state index contributed by atoms with van der Waals surface area (Å²) in [6.07, 6.45) is -6.19. The predicted octanol–water partition coefficient (Wildman–Crippen LogP) is 2.10. The highest BCUT2D eigenvalue weighted by Gasteiger charge is 2.42. The number of nitrogens with zero attached hydrogens (tertiary/aromatic N) is 4. The van der Waals surface area contributed by atoms with Crippen LogP contribution < -0.4 is 11.1 Å². The number of carbonyl (C=O) groups is 6. The lowest BCUT2D eigenvalue weighted by Crippen LogP contribution is -2.36. The van der Waals surface area contributed by atoms with Crippen molar-refractivity contribution < 1.29 is 80.3 Å². The number of aromatic nitrogens is 3. The average molecular weight is 737 g/mol. The molecule has 3 rings (SSSR count). The molecule has 17 nitrogen and oxygen atoms in total. The topological polar surface area (TPSA) is 293 Å². The van der Waals surface area contributed by atoms with Crippen molar-refractivity contribution in [2.75, 3.05) is 7.11 Å². The number of aromatic carboxylic acids is 3. The fraction of sp³-hybridized carbons (Fsp3) is 0.214. The molecule has 0 saturated heterocycles. The van der Waals surface area contributed by atoms with Crippen LogP contribution in [0.2, 0.25) is 0 Å². The van der Waals surface area contributed by atoms with E-state index in [2.05, 4.69) is 19.7 Å². The fourth-order valence-electron chi connectivity index (χ4n) is 2.51. The maximum absolute atomic E-state index is 11.8. The second-order valence-corrected chi connectivity index (χ2v) is 8.29. The molecule has 0 radical (unpaired) electrons.